The molecule has 4 aliphatic rings. The predicted molar refractivity (Wildman–Crippen MR) is 138 cm³/mol. The Morgan fingerprint density at radius 3 is 2.91 bits per heavy atom. The molecule has 0 radical (unpaired) electrons. The lowest BCUT2D eigenvalue weighted by molar-refractivity contribution is -0.711. The monoisotopic (exact) mass is 502 g/mol. The van der Waals surface area contributed by atoms with E-state index in [4.69, 9.17) is 16.3 Å². The van der Waals surface area contributed by atoms with Gasteiger partial charge in [-0.15, -0.1) is 0 Å². The molecule has 182 valence electrons. The van der Waals surface area contributed by atoms with E-state index in [1.807, 2.05) is 43.8 Å². The summed E-state index contributed by atoms with van der Waals surface area (Å²) in [6, 6.07) is 0. The van der Waals surface area contributed by atoms with Crippen LogP contribution in [-0.2, 0) is 20.5 Å². The van der Waals surface area contributed by atoms with Gasteiger partial charge in [0.25, 0.3) is 0 Å². The van der Waals surface area contributed by atoms with Gasteiger partial charge in [-0.25, -0.2) is 3.89 Å². The molecule has 6 nitrogen and oxygen atoms in total. The minimum Gasteiger partial charge on any atom is -0.381 e. The Balaban J connectivity index is 1.65. The molecule has 1 fully saturated rings. The van der Waals surface area contributed by atoms with E-state index < -0.39 is 11.0 Å². The van der Waals surface area contributed by atoms with E-state index >= 15 is 0 Å². The van der Waals surface area contributed by atoms with Crippen molar-refractivity contribution in [3.05, 3.63) is 68.9 Å². The van der Waals surface area contributed by atoms with E-state index in [0.717, 1.165) is 36.1 Å². The molecule has 8 heteroatoms. The van der Waals surface area contributed by atoms with Gasteiger partial charge in [0.2, 0.25) is 11.0 Å². The van der Waals surface area contributed by atoms with Gasteiger partial charge in [-0.1, -0.05) is 42.3 Å². The topological polar surface area (TPSA) is 67.8 Å². The largest absolute Gasteiger partial charge is 0.381 e. The first-order chi connectivity index (χ1) is 16.3. The van der Waals surface area contributed by atoms with Crippen LogP contribution >= 0.6 is 11.6 Å². The number of nitrogens with zero attached hydrogens (tertiary/aromatic N) is 2. The Kier molecular flexibility index (Phi) is 7.57. The molecule has 0 aromatic heterocycles. The van der Waals surface area contributed by atoms with Crippen LogP contribution in [0.3, 0.4) is 0 Å². The van der Waals surface area contributed by atoms with E-state index in [1.54, 1.807) is 19.5 Å². The molecule has 4 unspecified atom stereocenters. The smallest absolute Gasteiger partial charge is 0.237 e. The molecule has 2 aliphatic carbocycles. The molecule has 34 heavy (non-hydrogen) atoms. The van der Waals surface area contributed by atoms with E-state index in [2.05, 4.69) is 17.2 Å². The van der Waals surface area contributed by atoms with E-state index in [-0.39, 0.29) is 27.9 Å². The first kappa shape index (κ1) is 25.0. The number of likely N-dealkylation sites (N-methyl/N-ethyl adjacent to an activating group) is 1. The summed E-state index contributed by atoms with van der Waals surface area (Å²) in [6.45, 7) is 2.05. The minimum atomic E-state index is -1.31. The molecule has 0 spiro atoms. The second kappa shape index (κ2) is 10.3. The average molecular weight is 503 g/mol. The Hall–Kier alpha value is -2.06. The summed E-state index contributed by atoms with van der Waals surface area (Å²) in [4.78, 5) is 18.2. The lowest BCUT2D eigenvalue weighted by atomic mass is 9.87. The number of aliphatic imine (C=N–C) groups is 1. The first-order valence-electron chi connectivity index (χ1n) is 11.7. The maximum absolute atomic E-state index is 13.8. The molecule has 1 N–H and O–H groups in total. The van der Waals surface area contributed by atoms with Crippen molar-refractivity contribution < 1.29 is 17.6 Å². The van der Waals surface area contributed by atoms with Crippen molar-refractivity contribution in [2.45, 2.75) is 51.3 Å². The molecule has 4 atom stereocenters. The lowest BCUT2D eigenvalue weighted by Crippen LogP contribution is -2.40. The number of carbonyl (C=O) groups excluding carboxylic acids is 1. The zero-order valence-electron chi connectivity index (χ0n) is 20.2. The third-order valence-electron chi connectivity index (χ3n) is 6.99. The summed E-state index contributed by atoms with van der Waals surface area (Å²) in [5.74, 6) is -0.192. The van der Waals surface area contributed by atoms with Crippen LogP contribution in [0, 0.1) is 5.92 Å². The molecule has 1 saturated carbocycles. The summed E-state index contributed by atoms with van der Waals surface area (Å²) in [5.41, 5.74) is 4.43. The van der Waals surface area contributed by atoms with Crippen LogP contribution in [-0.4, -0.2) is 53.6 Å². The van der Waals surface area contributed by atoms with Gasteiger partial charge in [0.15, 0.2) is 5.78 Å². The van der Waals surface area contributed by atoms with Crippen molar-refractivity contribution in [3.63, 3.8) is 0 Å². The molecule has 0 saturated heterocycles. The Morgan fingerprint density at radius 1 is 1.41 bits per heavy atom. The molecular formula is C26H33ClN3O3S+. The fourth-order valence-electron chi connectivity index (χ4n) is 4.99. The number of nitrogens with one attached hydrogen (secondary N) is 1. The maximum atomic E-state index is 13.8. The second-order valence-electron chi connectivity index (χ2n) is 9.39. The quantitative estimate of drug-likeness (QED) is 0.518. The summed E-state index contributed by atoms with van der Waals surface area (Å²) < 4.78 is 19.2. The summed E-state index contributed by atoms with van der Waals surface area (Å²) in [7, 11) is 4.32. The van der Waals surface area contributed by atoms with Gasteiger partial charge in [0, 0.05) is 48.2 Å². The number of fused-ring (bicyclic) bond motifs is 1. The van der Waals surface area contributed by atoms with Gasteiger partial charge in [0.05, 0.1) is 30.6 Å². The number of carbonyl (C=O) groups is 1. The normalized spacial score (nSPS) is 28.8. The van der Waals surface area contributed by atoms with E-state index in [1.165, 1.54) is 5.57 Å². The third-order valence-corrected chi connectivity index (χ3v) is 8.84. The summed E-state index contributed by atoms with van der Waals surface area (Å²) >= 11 is 6.19. The molecule has 2 heterocycles. The van der Waals surface area contributed by atoms with Crippen LogP contribution in [0.25, 0.3) is 0 Å². The number of halogens is 1. The maximum Gasteiger partial charge on any atom is 0.237 e. The number of methoxy groups -OCH3 is 1. The van der Waals surface area contributed by atoms with Crippen molar-refractivity contribution in [3.8, 4) is 0 Å². The molecule has 0 aromatic rings. The molecule has 0 aromatic carbocycles. The Bertz CT molecular complexity index is 1110. The van der Waals surface area contributed by atoms with Crippen LogP contribution in [0.5, 0.6) is 0 Å². The highest BCUT2D eigenvalue weighted by Crippen LogP contribution is 2.37. The standard InChI is InChI=1S/C26H32ClN3O3S/c1-5-20-21(25(31)23-15-29-26-22(23)13-18(27)14-28-26)8-6-7-9-24(20)30(2,3)34(32)16-17-10-11-19(12-17)33-4/h6-7,9,13-16,19,22,26H,5,8,10-12H2,1-4H3/p+1. The first-order valence-corrected chi connectivity index (χ1v) is 13.3. The summed E-state index contributed by atoms with van der Waals surface area (Å²) in [6.07, 6.45) is 15.1. The fraction of sp³-hybridized carbons (Fsp3) is 0.462. The molecular weight excluding hydrogens is 470 g/mol. The average Bonchev–Trinajstić information content (AvgIpc) is 3.38. The van der Waals surface area contributed by atoms with Gasteiger partial charge in [-0.05, 0) is 32.1 Å². The molecule has 4 rings (SSSR count). The Morgan fingerprint density at radius 2 is 2.21 bits per heavy atom. The second-order valence-corrected chi connectivity index (χ2v) is 11.5. The number of allylic oxidation sites excluding steroid dienone is 6. The number of hydrogen-bond donors (Lipinski definition) is 1. The van der Waals surface area contributed by atoms with Crippen LogP contribution in [0.4, 0.5) is 0 Å². The van der Waals surface area contributed by atoms with Crippen LogP contribution in [0.1, 0.15) is 39.0 Å². The number of hydrogen-bond acceptors (Lipinski definition) is 5. The van der Waals surface area contributed by atoms with Crippen LogP contribution < -0.4 is 5.32 Å². The SMILES string of the molecule is CCC1=C(C(=O)C2=CNC3N=CC(Cl)=CC23)CC=CC=C1[N+](C)(C)S(=O)C=C1CCC(OC)C1. The number of rotatable bonds is 7. The highest BCUT2D eigenvalue weighted by atomic mass is 35.5. The zero-order chi connectivity index (χ0) is 24.5. The lowest BCUT2D eigenvalue weighted by Gasteiger charge is -2.30. The fourth-order valence-corrected chi connectivity index (χ4v) is 6.31. The van der Waals surface area contributed by atoms with E-state index in [0.29, 0.717) is 23.4 Å². The predicted octanol–water partition coefficient (Wildman–Crippen LogP) is 4.57. The van der Waals surface area contributed by atoms with E-state index in [9.17, 15) is 9.00 Å². The molecule has 2 aliphatic heterocycles. The highest BCUT2D eigenvalue weighted by molar-refractivity contribution is 7.82. The minimum absolute atomic E-state index is 0.00465. The number of ether oxygens (including phenoxy) is 1. The van der Waals surface area contributed by atoms with Gasteiger partial charge in [0.1, 0.15) is 11.9 Å². The van der Waals surface area contributed by atoms with Crippen LogP contribution in [0.2, 0.25) is 0 Å². The van der Waals surface area contributed by atoms with Gasteiger partial charge in [-0.2, -0.15) is 4.21 Å². The van der Waals surface area contributed by atoms with Crippen molar-refractivity contribution in [2.24, 2.45) is 10.9 Å². The third kappa shape index (κ3) is 4.85. The van der Waals surface area contributed by atoms with Gasteiger partial charge < -0.3 is 10.1 Å². The number of Topliss-reactive ketones (excluding diaryl/α,β-unsaturated/α-hetero) is 1. The highest BCUT2D eigenvalue weighted by Gasteiger charge is 2.38. The van der Waals surface area contributed by atoms with Crippen molar-refractivity contribution in [1.29, 1.82) is 0 Å². The van der Waals surface area contributed by atoms with Gasteiger partial charge in [-0.3, -0.25) is 9.79 Å². The van der Waals surface area contributed by atoms with Gasteiger partial charge >= 0.3 is 0 Å². The number of quaternary nitrogens is 1. The van der Waals surface area contributed by atoms with Crippen LogP contribution in [0.15, 0.2) is 73.9 Å². The van der Waals surface area contributed by atoms with Crippen molar-refractivity contribution in [2.75, 3.05) is 21.2 Å². The Labute approximate surface area is 209 Å². The molecule has 0 amide bonds. The van der Waals surface area contributed by atoms with Crippen molar-refractivity contribution >= 4 is 34.6 Å². The van der Waals surface area contributed by atoms with Crippen molar-refractivity contribution in [1.82, 2.24) is 5.32 Å². The number of dihydropyridines is 1. The molecule has 0 bridgehead atoms. The summed E-state index contributed by atoms with van der Waals surface area (Å²) in [5, 5.41) is 5.63. The number of ketones is 1. The zero-order valence-corrected chi connectivity index (χ0v) is 21.8.